The lowest BCUT2D eigenvalue weighted by Crippen LogP contribution is -2.37. The molecule has 132 valence electrons. The summed E-state index contributed by atoms with van der Waals surface area (Å²) >= 11 is 4.16. The molecule has 2 aliphatic rings. The zero-order valence-electron chi connectivity index (χ0n) is 14.1. The maximum Gasteiger partial charge on any atom is 0.335 e. The van der Waals surface area contributed by atoms with Crippen LogP contribution in [0.1, 0.15) is 22.3 Å². The smallest absolute Gasteiger partial charge is 0.335 e. The van der Waals surface area contributed by atoms with E-state index in [1.54, 1.807) is 25.3 Å². The van der Waals surface area contributed by atoms with E-state index in [0.717, 1.165) is 30.8 Å². The van der Waals surface area contributed by atoms with Crippen LogP contribution >= 0.6 is 23.5 Å². The highest BCUT2D eigenvalue weighted by Gasteiger charge is 2.29. The summed E-state index contributed by atoms with van der Waals surface area (Å²) in [6.45, 7) is 2.28. The normalized spacial score (nSPS) is 23.1. The van der Waals surface area contributed by atoms with Crippen molar-refractivity contribution in [2.75, 3.05) is 43.2 Å². The van der Waals surface area contributed by atoms with Crippen LogP contribution in [0.25, 0.3) is 0 Å². The molecule has 2 heterocycles. The first-order valence-electron chi connectivity index (χ1n) is 8.47. The van der Waals surface area contributed by atoms with Crippen molar-refractivity contribution in [2.24, 2.45) is 5.92 Å². The van der Waals surface area contributed by atoms with Gasteiger partial charge in [-0.3, -0.25) is 4.90 Å². The van der Waals surface area contributed by atoms with Gasteiger partial charge in [-0.15, -0.1) is 0 Å². The molecule has 0 spiro atoms. The Bertz CT molecular complexity index is 573. The number of nitrogens with zero attached hydrogens (tertiary/aromatic N) is 1. The van der Waals surface area contributed by atoms with E-state index in [1.165, 1.54) is 29.4 Å². The van der Waals surface area contributed by atoms with E-state index in [-0.39, 0.29) is 0 Å². The van der Waals surface area contributed by atoms with E-state index in [1.807, 2.05) is 0 Å². The molecule has 24 heavy (non-hydrogen) atoms. The van der Waals surface area contributed by atoms with Crippen LogP contribution in [-0.2, 0) is 6.42 Å². The number of rotatable bonds is 5. The van der Waals surface area contributed by atoms with Gasteiger partial charge in [-0.05, 0) is 49.1 Å². The molecule has 0 aromatic heterocycles. The molecule has 1 atom stereocenters. The first kappa shape index (κ1) is 18.0. The molecule has 0 radical (unpaired) electrons. The van der Waals surface area contributed by atoms with Gasteiger partial charge in [0.25, 0.3) is 0 Å². The van der Waals surface area contributed by atoms with Crippen molar-refractivity contribution in [3.05, 3.63) is 29.3 Å². The first-order chi connectivity index (χ1) is 11.7. The van der Waals surface area contributed by atoms with Gasteiger partial charge in [-0.25, -0.2) is 4.79 Å². The molecule has 4 nitrogen and oxygen atoms in total. The Hall–Kier alpha value is -0.850. The fourth-order valence-corrected chi connectivity index (χ4v) is 6.19. The van der Waals surface area contributed by atoms with Gasteiger partial charge in [0, 0.05) is 35.6 Å². The zero-order valence-corrected chi connectivity index (χ0v) is 15.7. The summed E-state index contributed by atoms with van der Waals surface area (Å²) in [7, 11) is 1.65. The number of aromatic carboxylic acids is 1. The SMILES string of the molecule is COc1ccc(C(=O)O)cc1CC1CCN(C2CSCCSC2)C1. The highest BCUT2D eigenvalue weighted by atomic mass is 32.2. The number of benzene rings is 1. The Morgan fingerprint density at radius 1 is 1.33 bits per heavy atom. The van der Waals surface area contributed by atoms with Crippen LogP contribution in [-0.4, -0.2) is 65.2 Å². The topological polar surface area (TPSA) is 49.8 Å². The third kappa shape index (κ3) is 4.41. The van der Waals surface area contributed by atoms with E-state index >= 15 is 0 Å². The molecular weight excluding hydrogens is 342 g/mol. The molecule has 2 fully saturated rings. The van der Waals surface area contributed by atoms with Crippen molar-refractivity contribution >= 4 is 29.5 Å². The number of hydrogen-bond donors (Lipinski definition) is 1. The van der Waals surface area contributed by atoms with Crippen LogP contribution in [0, 0.1) is 5.92 Å². The van der Waals surface area contributed by atoms with Crippen molar-refractivity contribution in [3.8, 4) is 5.75 Å². The van der Waals surface area contributed by atoms with Gasteiger partial charge in [-0.1, -0.05) is 0 Å². The van der Waals surface area contributed by atoms with Gasteiger partial charge in [-0.2, -0.15) is 23.5 Å². The molecule has 0 amide bonds. The number of thioether (sulfide) groups is 2. The predicted molar refractivity (Wildman–Crippen MR) is 102 cm³/mol. The predicted octanol–water partition coefficient (Wildman–Crippen LogP) is 3.11. The van der Waals surface area contributed by atoms with Crippen molar-refractivity contribution in [2.45, 2.75) is 18.9 Å². The lowest BCUT2D eigenvalue weighted by atomic mass is 9.96. The molecule has 0 saturated carbocycles. The molecule has 1 aromatic carbocycles. The van der Waals surface area contributed by atoms with Gasteiger partial charge < -0.3 is 9.84 Å². The van der Waals surface area contributed by atoms with Gasteiger partial charge >= 0.3 is 5.97 Å². The van der Waals surface area contributed by atoms with E-state index in [2.05, 4.69) is 28.4 Å². The maximum absolute atomic E-state index is 11.2. The quantitative estimate of drug-likeness (QED) is 0.863. The minimum Gasteiger partial charge on any atom is -0.496 e. The highest BCUT2D eigenvalue weighted by Crippen LogP contribution is 2.30. The molecule has 6 heteroatoms. The fraction of sp³-hybridized carbons (Fsp3) is 0.611. The Morgan fingerprint density at radius 2 is 2.08 bits per heavy atom. The Morgan fingerprint density at radius 3 is 2.75 bits per heavy atom. The molecule has 1 aromatic rings. The molecule has 2 aliphatic heterocycles. The lowest BCUT2D eigenvalue weighted by molar-refractivity contribution is 0.0696. The largest absolute Gasteiger partial charge is 0.496 e. The van der Waals surface area contributed by atoms with Crippen LogP contribution in [0.5, 0.6) is 5.75 Å². The molecule has 1 N–H and O–H groups in total. The lowest BCUT2D eigenvalue weighted by Gasteiger charge is -2.26. The maximum atomic E-state index is 11.2. The number of carboxylic acid groups (broad SMARTS) is 1. The number of ether oxygens (including phenoxy) is 1. The summed E-state index contributed by atoms with van der Waals surface area (Å²) in [5, 5.41) is 9.22. The summed E-state index contributed by atoms with van der Waals surface area (Å²) in [5.41, 5.74) is 1.37. The summed E-state index contributed by atoms with van der Waals surface area (Å²) < 4.78 is 5.44. The number of likely N-dealkylation sites (tertiary alicyclic amines) is 1. The van der Waals surface area contributed by atoms with E-state index < -0.39 is 5.97 Å². The van der Waals surface area contributed by atoms with Crippen LogP contribution < -0.4 is 4.74 Å². The standard InChI is InChI=1S/C18H25NO3S2/c1-22-17-3-2-14(18(20)21)9-15(17)8-13-4-5-19(10-13)16-11-23-6-7-24-12-16/h2-3,9,13,16H,4-8,10-12H2,1H3,(H,20,21). The van der Waals surface area contributed by atoms with E-state index in [4.69, 9.17) is 4.74 Å². The average molecular weight is 368 g/mol. The average Bonchev–Trinajstić information content (AvgIpc) is 2.87. The summed E-state index contributed by atoms with van der Waals surface area (Å²) in [6.07, 6.45) is 2.08. The second-order valence-electron chi connectivity index (χ2n) is 6.49. The summed E-state index contributed by atoms with van der Waals surface area (Å²) in [6, 6.07) is 5.87. The highest BCUT2D eigenvalue weighted by molar-refractivity contribution is 8.03. The number of carbonyl (C=O) groups is 1. The Balaban J connectivity index is 1.64. The molecule has 3 rings (SSSR count). The molecular formula is C18H25NO3S2. The Kier molecular flexibility index (Phi) is 6.36. The zero-order chi connectivity index (χ0) is 16.9. The first-order valence-corrected chi connectivity index (χ1v) is 10.8. The van der Waals surface area contributed by atoms with Crippen molar-refractivity contribution in [1.29, 1.82) is 0 Å². The van der Waals surface area contributed by atoms with Crippen molar-refractivity contribution in [1.82, 2.24) is 4.90 Å². The Labute approximate surface area is 152 Å². The number of hydrogen-bond acceptors (Lipinski definition) is 5. The minimum absolute atomic E-state index is 0.345. The monoisotopic (exact) mass is 367 g/mol. The number of methoxy groups -OCH3 is 1. The summed E-state index contributed by atoms with van der Waals surface area (Å²) in [5.74, 6) is 5.56. The minimum atomic E-state index is -0.876. The number of carboxylic acids is 1. The van der Waals surface area contributed by atoms with Gasteiger partial charge in [0.15, 0.2) is 0 Å². The van der Waals surface area contributed by atoms with Crippen molar-refractivity contribution < 1.29 is 14.6 Å². The molecule has 0 bridgehead atoms. The van der Waals surface area contributed by atoms with E-state index in [0.29, 0.717) is 17.5 Å². The van der Waals surface area contributed by atoms with E-state index in [9.17, 15) is 9.90 Å². The second-order valence-corrected chi connectivity index (χ2v) is 8.79. The molecule has 2 saturated heterocycles. The van der Waals surface area contributed by atoms with Crippen molar-refractivity contribution in [3.63, 3.8) is 0 Å². The van der Waals surface area contributed by atoms with Crippen LogP contribution in [0.4, 0.5) is 0 Å². The van der Waals surface area contributed by atoms with Gasteiger partial charge in [0.2, 0.25) is 0 Å². The van der Waals surface area contributed by atoms with Gasteiger partial charge in [0.05, 0.1) is 12.7 Å². The molecule has 0 aliphatic carbocycles. The van der Waals surface area contributed by atoms with Gasteiger partial charge in [0.1, 0.15) is 5.75 Å². The summed E-state index contributed by atoms with van der Waals surface area (Å²) in [4.78, 5) is 13.9. The third-order valence-corrected chi connectivity index (χ3v) is 7.35. The van der Waals surface area contributed by atoms with Crippen LogP contribution in [0.2, 0.25) is 0 Å². The fourth-order valence-electron chi connectivity index (χ4n) is 3.56. The van der Waals surface area contributed by atoms with Crippen LogP contribution in [0.3, 0.4) is 0 Å². The van der Waals surface area contributed by atoms with Crippen LogP contribution in [0.15, 0.2) is 18.2 Å². The molecule has 1 unspecified atom stereocenters. The third-order valence-electron chi connectivity index (χ3n) is 4.86. The second kappa shape index (κ2) is 8.50.